The Morgan fingerprint density at radius 2 is 1.66 bits per heavy atom. The number of ether oxygens (including phenoxy) is 4. The molecule has 41 heavy (non-hydrogen) atoms. The number of hydrogen-bond acceptors (Lipinski definition) is 6. The van der Waals surface area contributed by atoms with Crippen LogP contribution in [0.5, 0.6) is 11.5 Å². The van der Waals surface area contributed by atoms with Crippen LogP contribution < -0.4 is 14.8 Å². The molecule has 2 amide bonds. The molecule has 1 aliphatic rings. The van der Waals surface area contributed by atoms with Crippen molar-refractivity contribution in [3.63, 3.8) is 0 Å². The van der Waals surface area contributed by atoms with E-state index in [1.54, 1.807) is 48.4 Å². The van der Waals surface area contributed by atoms with E-state index in [0.29, 0.717) is 60.7 Å². The Balaban J connectivity index is 1.39. The van der Waals surface area contributed by atoms with Crippen LogP contribution in [-0.2, 0) is 9.47 Å². The van der Waals surface area contributed by atoms with E-state index in [-0.39, 0.29) is 30.5 Å². The van der Waals surface area contributed by atoms with Gasteiger partial charge in [-0.3, -0.25) is 4.79 Å². The number of carbonyl (C=O) groups excluding carboxylic acids is 2. The first-order chi connectivity index (χ1) is 19.6. The van der Waals surface area contributed by atoms with Crippen molar-refractivity contribution in [2.75, 3.05) is 38.7 Å². The van der Waals surface area contributed by atoms with Crippen molar-refractivity contribution in [2.24, 2.45) is 0 Å². The molecule has 4 rings (SSSR count). The Labute approximate surface area is 236 Å². The molecule has 11 heteroatoms. The number of alkyl halides is 3. The highest BCUT2D eigenvalue weighted by Crippen LogP contribution is 2.32. The van der Waals surface area contributed by atoms with Gasteiger partial charge in [0.15, 0.2) is 0 Å². The van der Waals surface area contributed by atoms with E-state index in [2.05, 4.69) is 10.1 Å². The zero-order chi connectivity index (χ0) is 29.4. The number of halogens is 3. The number of nitrogens with one attached hydrogen (secondary N) is 1. The van der Waals surface area contributed by atoms with E-state index in [9.17, 15) is 22.8 Å². The molecule has 0 aliphatic carbocycles. The van der Waals surface area contributed by atoms with Gasteiger partial charge in [-0.05, 0) is 53.9 Å². The quantitative estimate of drug-likeness (QED) is 0.297. The summed E-state index contributed by atoms with van der Waals surface area (Å²) in [7, 11) is 1.54. The van der Waals surface area contributed by atoms with Crippen molar-refractivity contribution in [1.82, 2.24) is 4.90 Å². The first-order valence-electron chi connectivity index (χ1n) is 13.1. The van der Waals surface area contributed by atoms with Gasteiger partial charge < -0.3 is 29.2 Å². The van der Waals surface area contributed by atoms with E-state index in [0.717, 1.165) is 5.56 Å². The predicted molar refractivity (Wildman–Crippen MR) is 146 cm³/mol. The molecule has 3 aromatic rings. The fourth-order valence-electron chi connectivity index (χ4n) is 4.56. The average Bonchev–Trinajstić information content (AvgIpc) is 2.93. The second kappa shape index (κ2) is 13.4. The molecule has 1 aliphatic heterocycles. The van der Waals surface area contributed by atoms with Gasteiger partial charge in [-0.1, -0.05) is 30.3 Å². The number of nitrogens with zero attached hydrogens (tertiary/aromatic N) is 1. The summed E-state index contributed by atoms with van der Waals surface area (Å²) < 4.78 is 57.8. The summed E-state index contributed by atoms with van der Waals surface area (Å²) in [6.45, 7) is 3.39. The molecule has 0 bridgehead atoms. The molecule has 0 spiro atoms. The van der Waals surface area contributed by atoms with Crippen LogP contribution in [0.3, 0.4) is 0 Å². The fourth-order valence-corrected chi connectivity index (χ4v) is 4.56. The summed E-state index contributed by atoms with van der Waals surface area (Å²) >= 11 is 0. The number of methoxy groups -OCH3 is 1. The smallest absolute Gasteiger partial charge is 0.490 e. The molecule has 0 atom stereocenters. The van der Waals surface area contributed by atoms with Gasteiger partial charge in [0.25, 0.3) is 5.91 Å². The zero-order valence-corrected chi connectivity index (χ0v) is 22.7. The summed E-state index contributed by atoms with van der Waals surface area (Å²) in [4.78, 5) is 27.1. The molecular formula is C30H31F3N2O6. The molecule has 1 saturated heterocycles. The highest BCUT2D eigenvalue weighted by molar-refractivity contribution is 6.09. The first-order valence-corrected chi connectivity index (χ1v) is 13.1. The highest BCUT2D eigenvalue weighted by Gasteiger charge is 2.31. The molecule has 218 valence electrons. The molecule has 0 unspecified atom stereocenters. The van der Waals surface area contributed by atoms with Crippen LogP contribution in [0.1, 0.15) is 28.8 Å². The van der Waals surface area contributed by atoms with Gasteiger partial charge in [-0.15, -0.1) is 13.2 Å². The summed E-state index contributed by atoms with van der Waals surface area (Å²) in [6.07, 6.45) is -3.99. The van der Waals surface area contributed by atoms with E-state index in [4.69, 9.17) is 14.2 Å². The minimum atomic E-state index is -4.79. The van der Waals surface area contributed by atoms with Crippen molar-refractivity contribution in [1.29, 1.82) is 0 Å². The zero-order valence-electron chi connectivity index (χ0n) is 22.7. The molecular weight excluding hydrogens is 541 g/mol. The van der Waals surface area contributed by atoms with Crippen LogP contribution in [0.25, 0.3) is 11.1 Å². The summed E-state index contributed by atoms with van der Waals surface area (Å²) in [5.41, 5.74) is 2.85. The lowest BCUT2D eigenvalue weighted by Gasteiger charge is -2.31. The second-order valence-corrected chi connectivity index (χ2v) is 9.46. The van der Waals surface area contributed by atoms with Crippen LogP contribution in [0.15, 0.2) is 66.7 Å². The maximum atomic E-state index is 13.3. The van der Waals surface area contributed by atoms with Crippen molar-refractivity contribution in [3.8, 4) is 22.6 Å². The lowest BCUT2D eigenvalue weighted by atomic mass is 9.94. The third-order valence-electron chi connectivity index (χ3n) is 6.50. The maximum Gasteiger partial charge on any atom is 0.573 e. The largest absolute Gasteiger partial charge is 0.573 e. The average molecular weight is 573 g/mol. The van der Waals surface area contributed by atoms with Crippen LogP contribution in [0.4, 0.5) is 23.7 Å². The minimum Gasteiger partial charge on any atom is -0.490 e. The van der Waals surface area contributed by atoms with E-state index >= 15 is 0 Å². The number of hydrogen-bond donors (Lipinski definition) is 1. The van der Waals surface area contributed by atoms with Gasteiger partial charge in [0.2, 0.25) is 0 Å². The number of rotatable bonds is 9. The van der Waals surface area contributed by atoms with Crippen molar-refractivity contribution in [2.45, 2.75) is 32.2 Å². The molecule has 1 N–H and O–H groups in total. The Kier molecular flexibility index (Phi) is 9.72. The van der Waals surface area contributed by atoms with Gasteiger partial charge in [-0.25, -0.2) is 4.79 Å². The lowest BCUT2D eigenvalue weighted by molar-refractivity contribution is -0.274. The number of benzene rings is 3. The topological polar surface area (TPSA) is 86.3 Å². The number of amides is 2. The monoisotopic (exact) mass is 572 g/mol. The van der Waals surface area contributed by atoms with Crippen LogP contribution in [0.2, 0.25) is 0 Å². The number of piperidine rings is 1. The Bertz CT molecular complexity index is 1340. The summed E-state index contributed by atoms with van der Waals surface area (Å²) in [5.74, 6) is -0.143. The van der Waals surface area contributed by atoms with Crippen molar-refractivity contribution >= 4 is 17.7 Å². The Morgan fingerprint density at radius 3 is 2.34 bits per heavy atom. The third kappa shape index (κ3) is 8.37. The fraction of sp³-hybridized carbons (Fsp3) is 0.333. The normalized spacial score (nSPS) is 13.9. The van der Waals surface area contributed by atoms with Gasteiger partial charge >= 0.3 is 12.5 Å². The van der Waals surface area contributed by atoms with E-state index < -0.39 is 6.36 Å². The molecule has 8 nitrogen and oxygen atoms in total. The first kappa shape index (κ1) is 29.7. The van der Waals surface area contributed by atoms with Crippen LogP contribution >= 0.6 is 0 Å². The number of aryl methyl sites for hydroxylation is 1. The molecule has 1 fully saturated rings. The third-order valence-corrected chi connectivity index (χ3v) is 6.50. The van der Waals surface area contributed by atoms with Gasteiger partial charge in [-0.2, -0.15) is 0 Å². The number of carbonyl (C=O) groups is 2. The molecule has 0 radical (unpaired) electrons. The highest BCUT2D eigenvalue weighted by atomic mass is 19.4. The van der Waals surface area contributed by atoms with E-state index in [1.807, 2.05) is 13.0 Å². The van der Waals surface area contributed by atoms with Crippen molar-refractivity contribution in [3.05, 3.63) is 77.9 Å². The lowest BCUT2D eigenvalue weighted by Crippen LogP contribution is -2.42. The molecule has 0 aromatic heterocycles. The maximum absolute atomic E-state index is 13.3. The number of likely N-dealkylation sites (tertiary alicyclic amines) is 1. The summed E-state index contributed by atoms with van der Waals surface area (Å²) in [6, 6.07) is 17.7. The van der Waals surface area contributed by atoms with E-state index in [1.165, 1.54) is 24.3 Å². The van der Waals surface area contributed by atoms with Crippen LogP contribution in [-0.4, -0.2) is 62.8 Å². The Hall–Kier alpha value is -4.25. The van der Waals surface area contributed by atoms with Gasteiger partial charge in [0.05, 0.1) is 6.61 Å². The van der Waals surface area contributed by atoms with Crippen LogP contribution in [0, 0.1) is 6.92 Å². The number of anilines is 1. The van der Waals surface area contributed by atoms with Crippen molar-refractivity contribution < 1.29 is 41.7 Å². The standard InChI is InChI=1S/C30H31F3N2O6/c1-20-5-3-8-26(27(20)21-9-11-24(12-10-21)41-30(31,32)33)28(36)34-22-6-4-7-25(19-22)40-23-13-15-35(16-14-23)29(37)39-18-17-38-2/h3-12,19,23H,13-18H2,1-2H3,(H,34,36). The predicted octanol–water partition coefficient (Wildman–Crippen LogP) is 6.44. The minimum absolute atomic E-state index is 0.100. The van der Waals surface area contributed by atoms with Gasteiger partial charge in [0.1, 0.15) is 24.2 Å². The molecule has 1 heterocycles. The molecule has 0 saturated carbocycles. The Morgan fingerprint density at radius 1 is 0.951 bits per heavy atom. The molecule has 3 aromatic carbocycles. The second-order valence-electron chi connectivity index (χ2n) is 9.46. The summed E-state index contributed by atoms with van der Waals surface area (Å²) in [5, 5.41) is 2.89. The SMILES string of the molecule is COCCOC(=O)N1CCC(Oc2cccc(NC(=O)c3cccc(C)c3-c3ccc(OC(F)(F)F)cc3)c2)CC1. The van der Waals surface area contributed by atoms with Gasteiger partial charge in [0, 0.05) is 50.4 Å².